The van der Waals surface area contributed by atoms with Crippen LogP contribution in [0.25, 0.3) is 0 Å². The molecule has 0 spiro atoms. The second-order valence-corrected chi connectivity index (χ2v) is 7.02. The van der Waals surface area contributed by atoms with E-state index < -0.39 is 6.04 Å². The van der Waals surface area contributed by atoms with Crippen molar-refractivity contribution in [2.45, 2.75) is 19.0 Å². The number of amides is 2. The molecular formula is C21H23N3O4S. The van der Waals surface area contributed by atoms with Gasteiger partial charge >= 0.3 is 0 Å². The quantitative estimate of drug-likeness (QED) is 0.704. The Balaban J connectivity index is 1.70. The van der Waals surface area contributed by atoms with E-state index in [-0.39, 0.29) is 18.2 Å². The third-order valence-electron chi connectivity index (χ3n) is 4.79. The molecule has 1 atom stereocenters. The van der Waals surface area contributed by atoms with Crippen molar-refractivity contribution < 1.29 is 19.1 Å². The van der Waals surface area contributed by atoms with Gasteiger partial charge in [0.25, 0.3) is 5.91 Å². The van der Waals surface area contributed by atoms with Crippen molar-refractivity contribution in [3.8, 4) is 11.5 Å². The van der Waals surface area contributed by atoms with Gasteiger partial charge in [-0.05, 0) is 54.2 Å². The summed E-state index contributed by atoms with van der Waals surface area (Å²) in [6, 6.07) is 13.9. The van der Waals surface area contributed by atoms with E-state index in [0.29, 0.717) is 23.1 Å². The number of hydrogen-bond acceptors (Lipinski definition) is 5. The maximum absolute atomic E-state index is 12.7. The average molecular weight is 413 g/mol. The number of nitrogens with one attached hydrogen (secondary N) is 1. The number of nitrogens with zero attached hydrogens (tertiary/aromatic N) is 2. The van der Waals surface area contributed by atoms with Crippen LogP contribution in [-0.2, 0) is 16.1 Å². The molecule has 1 heterocycles. The number of benzene rings is 2. The Labute approximate surface area is 175 Å². The predicted molar refractivity (Wildman–Crippen MR) is 114 cm³/mol. The lowest BCUT2D eigenvalue weighted by molar-refractivity contribution is -0.130. The minimum Gasteiger partial charge on any atom is -0.497 e. The standard InChI is InChI=1S/C21H23N3O4S/c1-23-20(26)18(12-19(25)22-15-6-10-17(28-3)11-7-15)24(21(23)29)13-14-4-8-16(27-2)9-5-14/h4-11,18H,12-13H2,1-3H3,(H,22,25)/t18-/m1/s1. The summed E-state index contributed by atoms with van der Waals surface area (Å²) in [5.41, 5.74) is 1.61. The van der Waals surface area contributed by atoms with E-state index in [0.717, 1.165) is 11.3 Å². The van der Waals surface area contributed by atoms with Gasteiger partial charge in [-0.3, -0.25) is 14.5 Å². The van der Waals surface area contributed by atoms with Crippen LogP contribution >= 0.6 is 12.2 Å². The van der Waals surface area contributed by atoms with Crippen LogP contribution in [0.2, 0.25) is 0 Å². The van der Waals surface area contributed by atoms with Gasteiger partial charge in [-0.2, -0.15) is 0 Å². The van der Waals surface area contributed by atoms with Crippen LogP contribution < -0.4 is 14.8 Å². The van der Waals surface area contributed by atoms with Gasteiger partial charge < -0.3 is 19.7 Å². The van der Waals surface area contributed by atoms with Crippen LogP contribution in [0.5, 0.6) is 11.5 Å². The zero-order chi connectivity index (χ0) is 21.0. The van der Waals surface area contributed by atoms with Crippen molar-refractivity contribution >= 4 is 34.8 Å². The summed E-state index contributed by atoms with van der Waals surface area (Å²) in [6.07, 6.45) is 0.00545. The molecule has 2 aromatic carbocycles. The van der Waals surface area contributed by atoms with Crippen molar-refractivity contribution in [2.24, 2.45) is 0 Å². The number of carbonyl (C=O) groups is 2. The van der Waals surface area contributed by atoms with Crippen molar-refractivity contribution in [1.29, 1.82) is 0 Å². The topological polar surface area (TPSA) is 71.1 Å². The number of likely N-dealkylation sites (N-methyl/N-ethyl adjacent to an activating group) is 1. The molecule has 0 radical (unpaired) electrons. The molecule has 3 rings (SSSR count). The number of methoxy groups -OCH3 is 2. The van der Waals surface area contributed by atoms with E-state index in [1.54, 1.807) is 50.4 Å². The molecule has 2 aromatic rings. The Morgan fingerprint density at radius 1 is 1.03 bits per heavy atom. The second-order valence-electron chi connectivity index (χ2n) is 6.65. The van der Waals surface area contributed by atoms with Gasteiger partial charge in [-0.1, -0.05) is 12.1 Å². The molecular weight excluding hydrogens is 390 g/mol. The normalized spacial score (nSPS) is 16.2. The summed E-state index contributed by atoms with van der Waals surface area (Å²) in [4.78, 5) is 28.4. The van der Waals surface area contributed by atoms with E-state index in [9.17, 15) is 9.59 Å². The molecule has 1 fully saturated rings. The Kier molecular flexibility index (Phi) is 6.33. The minimum absolute atomic E-state index is 0.00545. The van der Waals surface area contributed by atoms with Crippen LogP contribution in [-0.4, -0.2) is 54.0 Å². The van der Waals surface area contributed by atoms with E-state index in [2.05, 4.69) is 5.32 Å². The van der Waals surface area contributed by atoms with Crippen molar-refractivity contribution in [3.05, 3.63) is 54.1 Å². The Hall–Kier alpha value is -3.13. The molecule has 1 aliphatic heterocycles. The maximum Gasteiger partial charge on any atom is 0.251 e. The van der Waals surface area contributed by atoms with Crippen LogP contribution in [0.1, 0.15) is 12.0 Å². The molecule has 0 bridgehead atoms. The number of ether oxygens (including phenoxy) is 2. The maximum atomic E-state index is 12.7. The highest BCUT2D eigenvalue weighted by molar-refractivity contribution is 7.80. The molecule has 1 aliphatic rings. The SMILES string of the molecule is COc1ccc(CN2C(=S)N(C)C(=O)[C@H]2CC(=O)Nc2ccc(OC)cc2)cc1. The third kappa shape index (κ3) is 4.65. The zero-order valence-corrected chi connectivity index (χ0v) is 17.4. The van der Waals surface area contributed by atoms with Crippen LogP contribution in [0.3, 0.4) is 0 Å². The van der Waals surface area contributed by atoms with Crippen LogP contribution in [0, 0.1) is 0 Å². The Morgan fingerprint density at radius 3 is 2.14 bits per heavy atom. The van der Waals surface area contributed by atoms with Gasteiger partial charge in [-0.25, -0.2) is 0 Å². The molecule has 29 heavy (non-hydrogen) atoms. The number of rotatable bonds is 7. The van der Waals surface area contributed by atoms with Crippen molar-refractivity contribution in [3.63, 3.8) is 0 Å². The zero-order valence-electron chi connectivity index (χ0n) is 16.5. The smallest absolute Gasteiger partial charge is 0.251 e. The molecule has 2 amide bonds. The van der Waals surface area contributed by atoms with E-state index in [1.165, 1.54) is 4.90 Å². The second kappa shape index (κ2) is 8.91. The minimum atomic E-state index is -0.646. The largest absolute Gasteiger partial charge is 0.497 e. The first-order valence-corrected chi connectivity index (χ1v) is 9.48. The number of anilines is 1. The number of hydrogen-bond donors (Lipinski definition) is 1. The first-order valence-electron chi connectivity index (χ1n) is 9.08. The fraction of sp³-hybridized carbons (Fsp3) is 0.286. The lowest BCUT2D eigenvalue weighted by Gasteiger charge is -2.23. The molecule has 0 aliphatic carbocycles. The molecule has 0 aromatic heterocycles. The molecule has 1 saturated heterocycles. The average Bonchev–Trinajstić information content (AvgIpc) is 2.93. The highest BCUT2D eigenvalue weighted by atomic mass is 32.1. The lowest BCUT2D eigenvalue weighted by Crippen LogP contribution is -2.37. The summed E-state index contributed by atoms with van der Waals surface area (Å²) in [7, 11) is 4.82. The Bertz CT molecular complexity index is 899. The molecule has 152 valence electrons. The summed E-state index contributed by atoms with van der Waals surface area (Å²) in [5, 5.41) is 3.23. The fourth-order valence-corrected chi connectivity index (χ4v) is 3.42. The molecule has 7 nitrogen and oxygen atoms in total. The van der Waals surface area contributed by atoms with Crippen molar-refractivity contribution in [2.75, 3.05) is 26.6 Å². The molecule has 0 saturated carbocycles. The number of thiocarbonyl (C=S) groups is 1. The Morgan fingerprint density at radius 2 is 1.59 bits per heavy atom. The highest BCUT2D eigenvalue weighted by Gasteiger charge is 2.41. The monoisotopic (exact) mass is 413 g/mol. The van der Waals surface area contributed by atoms with E-state index >= 15 is 0 Å². The third-order valence-corrected chi connectivity index (χ3v) is 5.30. The van der Waals surface area contributed by atoms with Gasteiger partial charge in [0.2, 0.25) is 5.91 Å². The summed E-state index contributed by atoms with van der Waals surface area (Å²) < 4.78 is 10.3. The van der Waals surface area contributed by atoms with Crippen LogP contribution in [0.4, 0.5) is 5.69 Å². The fourth-order valence-electron chi connectivity index (χ4n) is 3.14. The van der Waals surface area contributed by atoms with E-state index in [4.69, 9.17) is 21.7 Å². The lowest BCUT2D eigenvalue weighted by atomic mass is 10.1. The van der Waals surface area contributed by atoms with Gasteiger partial charge in [0.05, 0.1) is 20.6 Å². The van der Waals surface area contributed by atoms with Crippen LogP contribution in [0.15, 0.2) is 48.5 Å². The summed E-state index contributed by atoms with van der Waals surface area (Å²) in [5.74, 6) is 1.01. The highest BCUT2D eigenvalue weighted by Crippen LogP contribution is 2.24. The molecule has 0 unspecified atom stereocenters. The summed E-state index contributed by atoms with van der Waals surface area (Å²) in [6.45, 7) is 0.430. The van der Waals surface area contributed by atoms with Gasteiger partial charge in [-0.15, -0.1) is 0 Å². The van der Waals surface area contributed by atoms with Gasteiger partial charge in [0, 0.05) is 19.3 Å². The number of carbonyl (C=O) groups excluding carboxylic acids is 2. The van der Waals surface area contributed by atoms with E-state index in [1.807, 2.05) is 24.3 Å². The van der Waals surface area contributed by atoms with Gasteiger partial charge in [0.1, 0.15) is 17.5 Å². The first-order chi connectivity index (χ1) is 13.9. The predicted octanol–water partition coefficient (Wildman–Crippen LogP) is 2.66. The molecule has 8 heteroatoms. The summed E-state index contributed by atoms with van der Waals surface area (Å²) >= 11 is 5.44. The first kappa shape index (κ1) is 20.6. The molecule has 1 N–H and O–H groups in total. The van der Waals surface area contributed by atoms with Crippen molar-refractivity contribution in [1.82, 2.24) is 9.80 Å². The van der Waals surface area contributed by atoms with Gasteiger partial charge in [0.15, 0.2) is 5.11 Å².